The normalized spacial score (nSPS) is 12.0. The second-order valence-electron chi connectivity index (χ2n) is 5.93. The summed E-state index contributed by atoms with van der Waals surface area (Å²) in [5.41, 5.74) is 0.506. The molecular formula is C19H17F3N2O5. The topological polar surface area (TPSA) is 94.6 Å². The van der Waals surface area contributed by atoms with Gasteiger partial charge in [0.15, 0.2) is 18.5 Å². The van der Waals surface area contributed by atoms with Gasteiger partial charge in [0.05, 0.1) is 11.3 Å². The molecule has 0 radical (unpaired) electrons. The van der Waals surface area contributed by atoms with Gasteiger partial charge in [0.2, 0.25) is 5.88 Å². The minimum atomic E-state index is -4.51. The molecule has 0 spiro atoms. The van der Waals surface area contributed by atoms with E-state index >= 15 is 0 Å². The minimum absolute atomic E-state index is 0.0758. The summed E-state index contributed by atoms with van der Waals surface area (Å²) in [5, 5.41) is 2.51. The standard InChI is InChI=1S/C19H17F3N2O5/c1-11(25)14-5-3-4-6-15(14)24-17(26)12(2)29-18(27)13-7-8-16(23-9-13)28-10-19(20,21)22/h3-9,12H,10H2,1-2H3,(H,24,26)/t12-/m1/s1. The molecule has 0 aliphatic carbocycles. The molecule has 0 saturated heterocycles. The van der Waals surface area contributed by atoms with Crippen LogP contribution < -0.4 is 10.1 Å². The van der Waals surface area contributed by atoms with Gasteiger partial charge in [-0.05, 0) is 32.0 Å². The van der Waals surface area contributed by atoms with E-state index in [2.05, 4.69) is 15.0 Å². The van der Waals surface area contributed by atoms with E-state index in [0.29, 0.717) is 5.56 Å². The molecule has 1 N–H and O–H groups in total. The Morgan fingerprint density at radius 3 is 2.41 bits per heavy atom. The van der Waals surface area contributed by atoms with Crippen LogP contribution in [-0.4, -0.2) is 41.5 Å². The summed E-state index contributed by atoms with van der Waals surface area (Å²) < 4.78 is 45.8. The van der Waals surface area contributed by atoms with Crippen molar-refractivity contribution in [2.75, 3.05) is 11.9 Å². The van der Waals surface area contributed by atoms with Crippen LogP contribution in [0.5, 0.6) is 5.88 Å². The number of hydrogen-bond donors (Lipinski definition) is 1. The van der Waals surface area contributed by atoms with Crippen LogP contribution in [0.15, 0.2) is 42.6 Å². The summed E-state index contributed by atoms with van der Waals surface area (Å²) in [7, 11) is 0. The van der Waals surface area contributed by atoms with Crippen LogP contribution in [0.1, 0.15) is 34.6 Å². The van der Waals surface area contributed by atoms with Crippen molar-refractivity contribution in [2.45, 2.75) is 26.1 Å². The highest BCUT2D eigenvalue weighted by atomic mass is 19.4. The zero-order valence-corrected chi connectivity index (χ0v) is 15.4. The number of esters is 1. The number of carbonyl (C=O) groups is 3. The molecule has 2 aromatic rings. The molecule has 0 unspecified atom stereocenters. The first-order valence-electron chi connectivity index (χ1n) is 8.34. The van der Waals surface area contributed by atoms with Gasteiger partial charge in [0.1, 0.15) is 0 Å². The molecule has 1 atom stereocenters. The van der Waals surface area contributed by atoms with Crippen LogP contribution >= 0.6 is 0 Å². The third-order valence-electron chi connectivity index (χ3n) is 3.57. The molecule has 7 nitrogen and oxygen atoms in total. The predicted octanol–water partition coefficient (Wildman–Crippen LogP) is 3.41. The van der Waals surface area contributed by atoms with Crippen molar-refractivity contribution >= 4 is 23.3 Å². The lowest BCUT2D eigenvalue weighted by Gasteiger charge is -2.15. The van der Waals surface area contributed by atoms with Gasteiger partial charge in [-0.15, -0.1) is 0 Å². The summed E-state index contributed by atoms with van der Waals surface area (Å²) >= 11 is 0. The van der Waals surface area contributed by atoms with Crippen molar-refractivity contribution in [1.29, 1.82) is 0 Å². The van der Waals surface area contributed by atoms with Crippen molar-refractivity contribution in [3.05, 3.63) is 53.7 Å². The molecule has 154 valence electrons. The molecular weight excluding hydrogens is 393 g/mol. The fourth-order valence-corrected chi connectivity index (χ4v) is 2.16. The second-order valence-corrected chi connectivity index (χ2v) is 5.93. The Morgan fingerprint density at radius 1 is 1.14 bits per heavy atom. The van der Waals surface area contributed by atoms with Crippen LogP contribution in [0.4, 0.5) is 18.9 Å². The smallest absolute Gasteiger partial charge is 0.422 e. The van der Waals surface area contributed by atoms with Crippen molar-refractivity contribution in [3.8, 4) is 5.88 Å². The fourth-order valence-electron chi connectivity index (χ4n) is 2.16. The first kappa shape index (κ1) is 21.9. The van der Waals surface area contributed by atoms with E-state index in [-0.39, 0.29) is 22.9 Å². The second kappa shape index (κ2) is 9.18. The number of anilines is 1. The average Bonchev–Trinajstić information content (AvgIpc) is 2.66. The Hall–Kier alpha value is -3.43. The van der Waals surface area contributed by atoms with E-state index in [0.717, 1.165) is 18.3 Å². The summed E-state index contributed by atoms with van der Waals surface area (Å²) in [4.78, 5) is 39.5. The molecule has 0 saturated carbocycles. The van der Waals surface area contributed by atoms with Crippen molar-refractivity contribution < 1.29 is 37.0 Å². The Labute approximate surface area is 163 Å². The number of aromatic nitrogens is 1. The Balaban J connectivity index is 1.96. The fraction of sp³-hybridized carbons (Fsp3) is 0.263. The number of Topliss-reactive ketones (excluding diaryl/α,β-unsaturated/α-hetero) is 1. The number of pyridine rings is 1. The van der Waals surface area contributed by atoms with Crippen LogP contribution in [0.2, 0.25) is 0 Å². The molecule has 10 heteroatoms. The van der Waals surface area contributed by atoms with E-state index in [1.54, 1.807) is 18.2 Å². The predicted molar refractivity (Wildman–Crippen MR) is 95.7 cm³/mol. The summed E-state index contributed by atoms with van der Waals surface area (Å²) in [5.74, 6) is -2.12. The van der Waals surface area contributed by atoms with Gasteiger partial charge in [-0.1, -0.05) is 12.1 Å². The van der Waals surface area contributed by atoms with Crippen LogP contribution in [0.25, 0.3) is 0 Å². The highest BCUT2D eigenvalue weighted by Gasteiger charge is 2.28. The van der Waals surface area contributed by atoms with Crippen LogP contribution in [-0.2, 0) is 9.53 Å². The number of carbonyl (C=O) groups excluding carboxylic acids is 3. The largest absolute Gasteiger partial charge is 0.468 e. The number of halogens is 3. The zero-order valence-electron chi connectivity index (χ0n) is 15.4. The van der Waals surface area contributed by atoms with Gasteiger partial charge in [-0.2, -0.15) is 13.2 Å². The summed E-state index contributed by atoms with van der Waals surface area (Å²) in [6.07, 6.45) is -4.74. The maximum Gasteiger partial charge on any atom is 0.422 e. The number of amides is 1. The monoisotopic (exact) mass is 410 g/mol. The van der Waals surface area contributed by atoms with Crippen molar-refractivity contribution in [3.63, 3.8) is 0 Å². The van der Waals surface area contributed by atoms with Gasteiger partial charge >= 0.3 is 12.1 Å². The molecule has 1 aromatic carbocycles. The Morgan fingerprint density at radius 2 is 1.83 bits per heavy atom. The zero-order chi connectivity index (χ0) is 21.6. The van der Waals surface area contributed by atoms with Gasteiger partial charge in [0, 0.05) is 17.8 Å². The van der Waals surface area contributed by atoms with Gasteiger partial charge in [-0.3, -0.25) is 9.59 Å². The Bertz CT molecular complexity index is 897. The maximum absolute atomic E-state index is 12.2. The number of nitrogens with zero attached hydrogens (tertiary/aromatic N) is 1. The summed E-state index contributed by atoms with van der Waals surface area (Å²) in [6, 6.07) is 8.60. The van der Waals surface area contributed by atoms with Gasteiger partial charge < -0.3 is 14.8 Å². The molecule has 0 aliphatic heterocycles. The molecule has 0 fully saturated rings. The van der Waals surface area contributed by atoms with Crippen molar-refractivity contribution in [2.24, 2.45) is 0 Å². The lowest BCUT2D eigenvalue weighted by atomic mass is 10.1. The number of ether oxygens (including phenoxy) is 2. The molecule has 0 aliphatic rings. The lowest BCUT2D eigenvalue weighted by molar-refractivity contribution is -0.154. The number of ketones is 1. The highest BCUT2D eigenvalue weighted by molar-refractivity contribution is 6.05. The maximum atomic E-state index is 12.2. The highest BCUT2D eigenvalue weighted by Crippen LogP contribution is 2.18. The van der Waals surface area contributed by atoms with E-state index < -0.39 is 30.8 Å². The van der Waals surface area contributed by atoms with E-state index in [1.165, 1.54) is 19.9 Å². The first-order chi connectivity index (χ1) is 13.6. The lowest BCUT2D eigenvalue weighted by Crippen LogP contribution is -2.30. The average molecular weight is 410 g/mol. The Kier molecular flexibility index (Phi) is 6.92. The van der Waals surface area contributed by atoms with Gasteiger partial charge in [0.25, 0.3) is 5.91 Å². The molecule has 1 amide bonds. The molecule has 0 bridgehead atoms. The number of rotatable bonds is 7. The molecule has 1 aromatic heterocycles. The van der Waals surface area contributed by atoms with Crippen LogP contribution in [0.3, 0.4) is 0 Å². The van der Waals surface area contributed by atoms with E-state index in [9.17, 15) is 27.6 Å². The van der Waals surface area contributed by atoms with E-state index in [1.807, 2.05) is 0 Å². The van der Waals surface area contributed by atoms with E-state index in [4.69, 9.17) is 4.74 Å². The van der Waals surface area contributed by atoms with Crippen molar-refractivity contribution in [1.82, 2.24) is 4.98 Å². The number of alkyl halides is 3. The van der Waals surface area contributed by atoms with Crippen LogP contribution in [0, 0.1) is 0 Å². The summed E-state index contributed by atoms with van der Waals surface area (Å²) in [6.45, 7) is 1.17. The number of hydrogen-bond acceptors (Lipinski definition) is 6. The number of benzene rings is 1. The number of nitrogens with one attached hydrogen (secondary N) is 1. The molecule has 29 heavy (non-hydrogen) atoms. The molecule has 1 heterocycles. The third kappa shape index (κ3) is 6.59. The SMILES string of the molecule is CC(=O)c1ccccc1NC(=O)[C@@H](C)OC(=O)c1ccc(OCC(F)(F)F)nc1. The molecule has 2 rings (SSSR count). The number of para-hydroxylation sites is 1. The quantitative estimate of drug-likeness (QED) is 0.555. The first-order valence-corrected chi connectivity index (χ1v) is 8.34. The third-order valence-corrected chi connectivity index (χ3v) is 3.57. The van der Waals surface area contributed by atoms with Gasteiger partial charge in [-0.25, -0.2) is 9.78 Å². The minimum Gasteiger partial charge on any atom is -0.468 e.